The number of aryl methyl sites for hydroxylation is 2. The topological polar surface area (TPSA) is 76.1 Å². The van der Waals surface area contributed by atoms with Crippen LogP contribution in [0.4, 0.5) is 13.2 Å². The molecule has 0 aromatic carbocycles. The maximum atomic E-state index is 13.2. The zero-order valence-electron chi connectivity index (χ0n) is 14.4. The molecular weight excluding hydrogens is 337 g/mol. The predicted molar refractivity (Wildman–Crippen MR) is 85.0 cm³/mol. The first-order chi connectivity index (χ1) is 11.8. The molecule has 0 bridgehead atoms. The van der Waals surface area contributed by atoms with E-state index in [1.165, 1.54) is 6.92 Å². The summed E-state index contributed by atoms with van der Waals surface area (Å²) in [6, 6.07) is 0. The molecule has 2 N–H and O–H groups in total. The maximum Gasteiger partial charge on any atom is 0.433 e. The van der Waals surface area contributed by atoms with Gasteiger partial charge in [-0.3, -0.25) is 4.79 Å². The van der Waals surface area contributed by atoms with Crippen molar-refractivity contribution in [1.29, 1.82) is 0 Å². The zero-order chi connectivity index (χ0) is 18.4. The standard InChI is InChI=1S/C16H23F3N4O2/c1-10-22-13-4-3-11(9-12(13)14(23-10)16(17,18)19)15(24)21-6-5-20-7-8-25-2/h11,20H,3-9H2,1-2H3,(H,21,24). The summed E-state index contributed by atoms with van der Waals surface area (Å²) >= 11 is 0. The smallest absolute Gasteiger partial charge is 0.383 e. The van der Waals surface area contributed by atoms with E-state index in [0.717, 1.165) is 0 Å². The molecule has 25 heavy (non-hydrogen) atoms. The molecule has 0 spiro atoms. The number of nitrogens with one attached hydrogen (secondary N) is 2. The van der Waals surface area contributed by atoms with Crippen molar-refractivity contribution in [1.82, 2.24) is 20.6 Å². The quantitative estimate of drug-likeness (QED) is 0.716. The van der Waals surface area contributed by atoms with E-state index in [0.29, 0.717) is 44.8 Å². The highest BCUT2D eigenvalue weighted by atomic mass is 19.4. The van der Waals surface area contributed by atoms with Crippen LogP contribution >= 0.6 is 0 Å². The van der Waals surface area contributed by atoms with Gasteiger partial charge in [0.1, 0.15) is 5.82 Å². The Kier molecular flexibility index (Phi) is 6.71. The van der Waals surface area contributed by atoms with Gasteiger partial charge in [-0.05, 0) is 26.2 Å². The third-order valence-corrected chi connectivity index (χ3v) is 4.11. The summed E-state index contributed by atoms with van der Waals surface area (Å²) < 4.78 is 44.6. The second-order valence-electron chi connectivity index (χ2n) is 6.02. The molecule has 1 aliphatic carbocycles. The number of carbonyl (C=O) groups is 1. The summed E-state index contributed by atoms with van der Waals surface area (Å²) in [6.07, 6.45) is -3.68. The van der Waals surface area contributed by atoms with E-state index in [2.05, 4.69) is 20.6 Å². The highest BCUT2D eigenvalue weighted by Gasteiger charge is 2.39. The lowest BCUT2D eigenvalue weighted by Gasteiger charge is -2.25. The van der Waals surface area contributed by atoms with Crippen LogP contribution in [0.3, 0.4) is 0 Å². The third kappa shape index (κ3) is 5.37. The van der Waals surface area contributed by atoms with Crippen LogP contribution in [0, 0.1) is 12.8 Å². The van der Waals surface area contributed by atoms with Gasteiger partial charge < -0.3 is 15.4 Å². The lowest BCUT2D eigenvalue weighted by molar-refractivity contribution is -0.142. The van der Waals surface area contributed by atoms with Crippen molar-refractivity contribution in [2.75, 3.05) is 33.4 Å². The predicted octanol–water partition coefficient (Wildman–Crippen LogP) is 1.26. The van der Waals surface area contributed by atoms with Gasteiger partial charge >= 0.3 is 6.18 Å². The lowest BCUT2D eigenvalue weighted by atomic mass is 9.85. The Hall–Kier alpha value is -1.74. The fourth-order valence-corrected chi connectivity index (χ4v) is 2.91. The van der Waals surface area contributed by atoms with E-state index in [1.807, 2.05) is 0 Å². The van der Waals surface area contributed by atoms with Gasteiger partial charge in [-0.15, -0.1) is 0 Å². The number of carbonyl (C=O) groups excluding carboxylic acids is 1. The largest absolute Gasteiger partial charge is 0.433 e. The highest BCUT2D eigenvalue weighted by Crippen LogP contribution is 2.35. The number of fused-ring (bicyclic) bond motifs is 1. The number of aromatic nitrogens is 2. The minimum atomic E-state index is -4.54. The van der Waals surface area contributed by atoms with E-state index in [4.69, 9.17) is 4.74 Å². The van der Waals surface area contributed by atoms with Crippen molar-refractivity contribution >= 4 is 5.91 Å². The molecule has 140 valence electrons. The molecule has 9 heteroatoms. The third-order valence-electron chi connectivity index (χ3n) is 4.11. The van der Waals surface area contributed by atoms with Gasteiger partial charge in [-0.2, -0.15) is 13.2 Å². The Bertz CT molecular complexity index is 608. The van der Waals surface area contributed by atoms with Crippen LogP contribution in [-0.2, 0) is 28.5 Å². The fourth-order valence-electron chi connectivity index (χ4n) is 2.91. The van der Waals surface area contributed by atoms with Crippen LogP contribution in [0.5, 0.6) is 0 Å². The Morgan fingerprint density at radius 1 is 1.28 bits per heavy atom. The number of hydrogen-bond donors (Lipinski definition) is 2. The Morgan fingerprint density at radius 3 is 2.72 bits per heavy atom. The summed E-state index contributed by atoms with van der Waals surface area (Å²) in [5, 5.41) is 5.85. The first kappa shape index (κ1) is 19.6. The first-order valence-electron chi connectivity index (χ1n) is 8.24. The summed E-state index contributed by atoms with van der Waals surface area (Å²) in [6.45, 7) is 3.70. The number of alkyl halides is 3. The lowest BCUT2D eigenvalue weighted by Crippen LogP contribution is -2.39. The number of ether oxygens (including phenoxy) is 1. The first-order valence-corrected chi connectivity index (χ1v) is 8.24. The molecule has 0 aliphatic heterocycles. The Labute approximate surface area is 144 Å². The molecule has 1 atom stereocenters. The van der Waals surface area contributed by atoms with Gasteiger partial charge in [0.2, 0.25) is 5.91 Å². The van der Waals surface area contributed by atoms with Crippen molar-refractivity contribution in [3.63, 3.8) is 0 Å². The number of rotatable bonds is 7. The van der Waals surface area contributed by atoms with Gasteiger partial charge in [0.15, 0.2) is 5.69 Å². The number of hydrogen-bond acceptors (Lipinski definition) is 5. The molecule has 6 nitrogen and oxygen atoms in total. The molecule has 0 fully saturated rings. The summed E-state index contributed by atoms with van der Waals surface area (Å²) in [5.41, 5.74) is -0.443. The van der Waals surface area contributed by atoms with Gasteiger partial charge in [-0.1, -0.05) is 0 Å². The van der Waals surface area contributed by atoms with Crippen LogP contribution in [-0.4, -0.2) is 49.2 Å². The second kappa shape index (κ2) is 8.57. The van der Waals surface area contributed by atoms with Crippen molar-refractivity contribution < 1.29 is 22.7 Å². The highest BCUT2D eigenvalue weighted by molar-refractivity contribution is 5.79. The molecule has 1 amide bonds. The molecular formula is C16H23F3N4O2. The van der Waals surface area contributed by atoms with Crippen molar-refractivity contribution in [3.8, 4) is 0 Å². The number of amides is 1. The van der Waals surface area contributed by atoms with Crippen LogP contribution in [0.25, 0.3) is 0 Å². The van der Waals surface area contributed by atoms with Crippen LogP contribution < -0.4 is 10.6 Å². The van der Waals surface area contributed by atoms with E-state index in [9.17, 15) is 18.0 Å². The molecule has 1 unspecified atom stereocenters. The van der Waals surface area contributed by atoms with Crippen molar-refractivity contribution in [2.24, 2.45) is 5.92 Å². The summed E-state index contributed by atoms with van der Waals surface area (Å²) in [7, 11) is 1.60. The monoisotopic (exact) mass is 360 g/mol. The van der Waals surface area contributed by atoms with Gasteiger partial charge in [0.25, 0.3) is 0 Å². The minimum absolute atomic E-state index is 0.0212. The fraction of sp³-hybridized carbons (Fsp3) is 0.688. The van der Waals surface area contributed by atoms with E-state index in [1.54, 1.807) is 7.11 Å². The molecule has 0 radical (unpaired) electrons. The van der Waals surface area contributed by atoms with E-state index < -0.39 is 17.8 Å². The van der Waals surface area contributed by atoms with Crippen LogP contribution in [0.2, 0.25) is 0 Å². The molecule has 1 aromatic rings. The molecule has 1 aliphatic rings. The molecule has 0 saturated heterocycles. The Balaban J connectivity index is 1.97. The van der Waals surface area contributed by atoms with Crippen LogP contribution in [0.15, 0.2) is 0 Å². The normalized spacial score (nSPS) is 17.2. The van der Waals surface area contributed by atoms with Crippen molar-refractivity contribution in [2.45, 2.75) is 32.4 Å². The second-order valence-corrected chi connectivity index (χ2v) is 6.02. The average Bonchev–Trinajstić information content (AvgIpc) is 2.55. The minimum Gasteiger partial charge on any atom is -0.383 e. The molecule has 0 saturated carbocycles. The number of methoxy groups -OCH3 is 1. The van der Waals surface area contributed by atoms with Gasteiger partial charge in [-0.25, -0.2) is 9.97 Å². The summed E-state index contributed by atoms with van der Waals surface area (Å²) in [5.74, 6) is -0.608. The maximum absolute atomic E-state index is 13.2. The van der Waals surface area contributed by atoms with Crippen molar-refractivity contribution in [3.05, 3.63) is 22.8 Å². The van der Waals surface area contributed by atoms with E-state index in [-0.39, 0.29) is 23.7 Å². The Morgan fingerprint density at radius 2 is 2.04 bits per heavy atom. The summed E-state index contributed by atoms with van der Waals surface area (Å²) in [4.78, 5) is 19.9. The molecule has 1 heterocycles. The van der Waals surface area contributed by atoms with Gasteiger partial charge in [0.05, 0.1) is 6.61 Å². The van der Waals surface area contributed by atoms with Gasteiger partial charge in [0, 0.05) is 43.9 Å². The SMILES string of the molecule is COCCNCCNC(=O)C1CCc2nc(C)nc(C(F)(F)F)c2C1. The molecule has 2 rings (SSSR count). The zero-order valence-corrected chi connectivity index (χ0v) is 14.4. The van der Waals surface area contributed by atoms with Crippen LogP contribution in [0.1, 0.15) is 29.2 Å². The number of nitrogens with zero attached hydrogens (tertiary/aromatic N) is 2. The number of halogens is 3. The average molecular weight is 360 g/mol. The van der Waals surface area contributed by atoms with E-state index >= 15 is 0 Å². The molecule has 1 aromatic heterocycles.